The van der Waals surface area contributed by atoms with Gasteiger partial charge in [0.25, 0.3) is 5.91 Å². The van der Waals surface area contributed by atoms with Crippen molar-refractivity contribution >= 4 is 33.8 Å². The maximum atomic E-state index is 12.4. The highest BCUT2D eigenvalue weighted by Crippen LogP contribution is 2.41. The van der Waals surface area contributed by atoms with Crippen molar-refractivity contribution in [2.45, 2.75) is 52.4 Å². The lowest BCUT2D eigenvalue weighted by Gasteiger charge is -2.28. The maximum Gasteiger partial charge on any atom is 0.274 e. The van der Waals surface area contributed by atoms with E-state index < -0.39 is 15.9 Å². The second-order valence-corrected chi connectivity index (χ2v) is 11.6. The van der Waals surface area contributed by atoms with Crippen LogP contribution < -0.4 is 0 Å². The van der Waals surface area contributed by atoms with Crippen LogP contribution in [0.15, 0.2) is 17.0 Å². The Bertz CT molecular complexity index is 837. The van der Waals surface area contributed by atoms with Crippen LogP contribution in [-0.4, -0.2) is 35.9 Å². The van der Waals surface area contributed by atoms with Gasteiger partial charge in [-0.3, -0.25) is 4.79 Å². The first kappa shape index (κ1) is 20.8. The molecule has 1 saturated heterocycles. The fraction of sp³-hybridized carbons (Fsp3) is 0.526. The van der Waals surface area contributed by atoms with E-state index in [4.69, 9.17) is 0 Å². The van der Waals surface area contributed by atoms with Gasteiger partial charge in [0, 0.05) is 11.1 Å². The third kappa shape index (κ3) is 4.26. The molecule has 2 rings (SSSR count). The molecule has 1 aromatic carbocycles. The lowest BCUT2D eigenvalue weighted by Crippen LogP contribution is -2.30. The van der Waals surface area contributed by atoms with Crippen LogP contribution in [0.1, 0.15) is 58.2 Å². The number of carbonyl (C=O) groups excluding carboxylic acids is 1. The van der Waals surface area contributed by atoms with E-state index in [-0.39, 0.29) is 22.5 Å². The summed E-state index contributed by atoms with van der Waals surface area (Å²) in [4.78, 5) is 12.8. The molecule has 0 aliphatic carbocycles. The molecule has 0 radical (unpaired) electrons. The Hall–Kier alpha value is -1.47. The number of hydrogen-bond acceptors (Lipinski definition) is 5. The van der Waals surface area contributed by atoms with Gasteiger partial charge in [-0.1, -0.05) is 53.3 Å². The number of thioether (sulfide) groups is 1. The number of phenols is 1. The van der Waals surface area contributed by atoms with Crippen molar-refractivity contribution in [2.24, 2.45) is 0 Å². The molecule has 1 aliphatic heterocycles. The molecule has 1 aliphatic rings. The molecule has 1 aromatic rings. The monoisotopic (exact) mass is 397 g/mol. The van der Waals surface area contributed by atoms with Gasteiger partial charge in [0.05, 0.1) is 17.0 Å². The molecule has 1 fully saturated rings. The minimum absolute atomic E-state index is 0.0971. The molecule has 1 heterocycles. The van der Waals surface area contributed by atoms with Gasteiger partial charge in [0.15, 0.2) is 0 Å². The van der Waals surface area contributed by atoms with Gasteiger partial charge in [-0.25, -0.2) is 12.7 Å². The fourth-order valence-electron chi connectivity index (χ4n) is 2.76. The molecule has 7 heteroatoms. The predicted octanol–water partition coefficient (Wildman–Crippen LogP) is 3.82. The van der Waals surface area contributed by atoms with Crippen LogP contribution in [0.3, 0.4) is 0 Å². The molecule has 0 saturated carbocycles. The predicted molar refractivity (Wildman–Crippen MR) is 108 cm³/mol. The first-order valence-electron chi connectivity index (χ1n) is 8.37. The molecule has 0 aromatic heterocycles. The van der Waals surface area contributed by atoms with Gasteiger partial charge in [0.1, 0.15) is 5.75 Å². The summed E-state index contributed by atoms with van der Waals surface area (Å²) >= 11 is 1.21. The average molecular weight is 398 g/mol. The minimum Gasteiger partial charge on any atom is -0.507 e. The van der Waals surface area contributed by atoms with E-state index in [1.807, 2.05) is 53.7 Å². The molecule has 26 heavy (non-hydrogen) atoms. The molecular formula is C19H27NO4S2. The van der Waals surface area contributed by atoms with E-state index in [9.17, 15) is 18.3 Å². The van der Waals surface area contributed by atoms with E-state index in [0.29, 0.717) is 4.91 Å². The first-order chi connectivity index (χ1) is 11.6. The summed E-state index contributed by atoms with van der Waals surface area (Å²) in [5.41, 5.74) is 1.83. The summed E-state index contributed by atoms with van der Waals surface area (Å²) in [6.07, 6.45) is 2.74. The number of amides is 1. The maximum absolute atomic E-state index is 12.4. The SMILES string of the molecule is CC(C)(C)c1cc(C=C2SCN(S(C)(=O)=O)C2=O)cc(C(C)(C)C)c1O. The molecule has 0 bridgehead atoms. The number of phenolic OH excluding ortho intramolecular Hbond substituents is 1. The number of hydrogen-bond donors (Lipinski definition) is 1. The molecule has 1 N–H and O–H groups in total. The van der Waals surface area contributed by atoms with Crippen LogP contribution in [0.25, 0.3) is 6.08 Å². The topological polar surface area (TPSA) is 74.7 Å². The summed E-state index contributed by atoms with van der Waals surface area (Å²) < 4.78 is 24.3. The molecule has 5 nitrogen and oxygen atoms in total. The van der Waals surface area contributed by atoms with Crippen molar-refractivity contribution in [3.63, 3.8) is 0 Å². The van der Waals surface area contributed by atoms with Crippen LogP contribution in [0, 0.1) is 0 Å². The second-order valence-electron chi connectivity index (χ2n) is 8.66. The molecular weight excluding hydrogens is 370 g/mol. The van der Waals surface area contributed by atoms with Crippen molar-refractivity contribution in [1.82, 2.24) is 4.31 Å². The van der Waals surface area contributed by atoms with Gasteiger partial charge in [-0.2, -0.15) is 0 Å². The first-order valence-corrected chi connectivity index (χ1v) is 11.2. The Morgan fingerprint density at radius 1 is 1.08 bits per heavy atom. The Morgan fingerprint density at radius 2 is 1.54 bits per heavy atom. The van der Waals surface area contributed by atoms with E-state index >= 15 is 0 Å². The van der Waals surface area contributed by atoms with E-state index in [0.717, 1.165) is 27.3 Å². The van der Waals surface area contributed by atoms with Gasteiger partial charge >= 0.3 is 0 Å². The Balaban J connectivity index is 2.59. The quantitative estimate of drug-likeness (QED) is 0.768. The molecule has 144 valence electrons. The molecule has 0 spiro atoms. The number of rotatable bonds is 2. The van der Waals surface area contributed by atoms with E-state index in [1.54, 1.807) is 6.08 Å². The summed E-state index contributed by atoms with van der Waals surface area (Å²) in [6, 6.07) is 3.74. The Kier molecular flexibility index (Phi) is 5.29. The van der Waals surface area contributed by atoms with Crippen molar-refractivity contribution in [2.75, 3.05) is 12.1 Å². The molecule has 1 amide bonds. The van der Waals surface area contributed by atoms with Crippen molar-refractivity contribution < 1.29 is 18.3 Å². The van der Waals surface area contributed by atoms with Crippen molar-refractivity contribution in [3.05, 3.63) is 33.7 Å². The average Bonchev–Trinajstić information content (AvgIpc) is 2.79. The number of carbonyl (C=O) groups is 1. The van der Waals surface area contributed by atoms with Gasteiger partial charge in [0.2, 0.25) is 10.0 Å². The van der Waals surface area contributed by atoms with Gasteiger partial charge < -0.3 is 5.11 Å². The highest BCUT2D eigenvalue weighted by molar-refractivity contribution is 8.05. The molecule has 0 atom stereocenters. The van der Waals surface area contributed by atoms with Crippen LogP contribution in [0.5, 0.6) is 5.75 Å². The zero-order chi connectivity index (χ0) is 20.1. The molecule has 0 unspecified atom stereocenters. The van der Waals surface area contributed by atoms with Crippen LogP contribution in [-0.2, 0) is 25.6 Å². The third-order valence-corrected chi connectivity index (χ3v) is 6.47. The Labute approximate surface area is 160 Å². The highest BCUT2D eigenvalue weighted by atomic mass is 32.2. The number of benzene rings is 1. The van der Waals surface area contributed by atoms with E-state index in [2.05, 4.69) is 0 Å². The standard InChI is InChI=1S/C19H27NO4S2/c1-18(2,3)13-8-12(9-14(16(13)21)19(4,5)6)10-15-17(22)20(11-25-15)26(7,23)24/h8-10,21H,11H2,1-7H3. The second kappa shape index (κ2) is 6.60. The number of aromatic hydroxyl groups is 1. The van der Waals surface area contributed by atoms with Gasteiger partial charge in [-0.15, -0.1) is 0 Å². The third-order valence-electron chi connectivity index (χ3n) is 4.22. The normalized spacial score (nSPS) is 18.0. The van der Waals surface area contributed by atoms with Crippen LogP contribution in [0.4, 0.5) is 0 Å². The fourth-order valence-corrected chi connectivity index (χ4v) is 4.96. The van der Waals surface area contributed by atoms with Crippen molar-refractivity contribution in [1.29, 1.82) is 0 Å². The van der Waals surface area contributed by atoms with Crippen LogP contribution in [0.2, 0.25) is 0 Å². The zero-order valence-corrected chi connectivity index (χ0v) is 18.0. The lowest BCUT2D eigenvalue weighted by atomic mass is 9.78. The van der Waals surface area contributed by atoms with Crippen molar-refractivity contribution in [3.8, 4) is 5.75 Å². The van der Waals surface area contributed by atoms with Gasteiger partial charge in [-0.05, 0) is 34.6 Å². The summed E-state index contributed by atoms with van der Waals surface area (Å²) in [5, 5.41) is 10.8. The lowest BCUT2D eigenvalue weighted by molar-refractivity contribution is -0.120. The number of sulfonamides is 1. The van der Waals surface area contributed by atoms with E-state index in [1.165, 1.54) is 11.8 Å². The summed E-state index contributed by atoms with van der Waals surface area (Å²) in [5.74, 6) is -0.129. The largest absolute Gasteiger partial charge is 0.507 e. The minimum atomic E-state index is -3.56. The highest BCUT2D eigenvalue weighted by Gasteiger charge is 2.33. The Morgan fingerprint density at radius 3 is 1.88 bits per heavy atom. The summed E-state index contributed by atoms with van der Waals surface area (Å²) in [6.45, 7) is 12.1. The number of nitrogens with zero attached hydrogens (tertiary/aromatic N) is 1. The van der Waals surface area contributed by atoms with Crippen LogP contribution >= 0.6 is 11.8 Å². The smallest absolute Gasteiger partial charge is 0.274 e. The summed E-state index contributed by atoms with van der Waals surface area (Å²) in [7, 11) is -3.56. The zero-order valence-electron chi connectivity index (χ0n) is 16.4.